The third kappa shape index (κ3) is 4.45. The molecular formula is C21H26N4O2. The molecule has 2 aliphatic rings. The average molecular weight is 366 g/mol. The average Bonchev–Trinajstić information content (AvgIpc) is 2.73. The molecule has 1 saturated heterocycles. The highest BCUT2D eigenvalue weighted by Gasteiger charge is 2.22. The molecule has 0 aromatic carbocycles. The minimum absolute atomic E-state index is 0.0638. The molecule has 1 fully saturated rings. The first-order valence-corrected chi connectivity index (χ1v) is 9.79. The molecule has 3 heterocycles. The summed E-state index contributed by atoms with van der Waals surface area (Å²) in [4.78, 5) is 25.6. The molecule has 1 aliphatic heterocycles. The second-order valence-electron chi connectivity index (χ2n) is 7.21. The van der Waals surface area contributed by atoms with E-state index in [4.69, 9.17) is 4.74 Å². The predicted octanol–water partition coefficient (Wildman–Crippen LogP) is 2.08. The molecule has 0 radical (unpaired) electrons. The number of ether oxygens (including phenoxy) is 1. The fourth-order valence-electron chi connectivity index (χ4n) is 3.83. The maximum absolute atomic E-state index is 12.6. The van der Waals surface area contributed by atoms with Crippen LogP contribution in [0, 0.1) is 0 Å². The van der Waals surface area contributed by atoms with Crippen LogP contribution in [0.4, 0.5) is 0 Å². The predicted molar refractivity (Wildman–Crippen MR) is 102 cm³/mol. The summed E-state index contributed by atoms with van der Waals surface area (Å²) in [6, 6.07) is 7.88. The molecule has 0 N–H and O–H groups in total. The topological polar surface area (TPSA) is 58.6 Å². The molecule has 2 aromatic heterocycles. The molecule has 6 nitrogen and oxygen atoms in total. The fourth-order valence-corrected chi connectivity index (χ4v) is 3.83. The molecule has 4 rings (SSSR count). The second-order valence-corrected chi connectivity index (χ2v) is 7.21. The first kappa shape index (κ1) is 17.9. The van der Waals surface area contributed by atoms with Gasteiger partial charge >= 0.3 is 0 Å². The third-order valence-corrected chi connectivity index (χ3v) is 5.38. The molecular weight excluding hydrogens is 340 g/mol. The van der Waals surface area contributed by atoms with E-state index in [0.717, 1.165) is 62.7 Å². The Kier molecular flexibility index (Phi) is 5.63. The Morgan fingerprint density at radius 2 is 1.85 bits per heavy atom. The summed E-state index contributed by atoms with van der Waals surface area (Å²) in [5.41, 5.74) is 3.40. The monoisotopic (exact) mass is 366 g/mol. The number of carbonyl (C=O) groups excluding carboxylic acids is 1. The van der Waals surface area contributed by atoms with Crippen molar-refractivity contribution >= 4 is 5.91 Å². The lowest BCUT2D eigenvalue weighted by Gasteiger charge is -2.34. The zero-order valence-corrected chi connectivity index (χ0v) is 15.6. The van der Waals surface area contributed by atoms with Gasteiger partial charge in [-0.3, -0.25) is 19.7 Å². The van der Waals surface area contributed by atoms with Crippen LogP contribution in [-0.4, -0.2) is 58.5 Å². The van der Waals surface area contributed by atoms with E-state index in [9.17, 15) is 4.79 Å². The van der Waals surface area contributed by atoms with E-state index in [2.05, 4.69) is 14.9 Å². The van der Waals surface area contributed by atoms with Crippen molar-refractivity contribution in [1.29, 1.82) is 0 Å². The second kappa shape index (κ2) is 8.48. The molecule has 27 heavy (non-hydrogen) atoms. The number of aryl methyl sites for hydroxylation is 1. The van der Waals surface area contributed by atoms with Crippen molar-refractivity contribution in [2.45, 2.75) is 32.2 Å². The smallest absolute Gasteiger partial charge is 0.260 e. The molecule has 2 aromatic rings. The van der Waals surface area contributed by atoms with Crippen molar-refractivity contribution in [3.8, 4) is 5.75 Å². The number of amides is 1. The van der Waals surface area contributed by atoms with Gasteiger partial charge in [-0.15, -0.1) is 0 Å². The van der Waals surface area contributed by atoms with E-state index < -0.39 is 0 Å². The molecule has 1 amide bonds. The minimum Gasteiger partial charge on any atom is -0.483 e. The van der Waals surface area contributed by atoms with E-state index in [1.165, 1.54) is 18.4 Å². The molecule has 0 bridgehead atoms. The van der Waals surface area contributed by atoms with Gasteiger partial charge in [0.05, 0.1) is 5.69 Å². The van der Waals surface area contributed by atoms with E-state index in [1.54, 1.807) is 6.20 Å². The van der Waals surface area contributed by atoms with Crippen molar-refractivity contribution in [2.24, 2.45) is 0 Å². The van der Waals surface area contributed by atoms with Crippen LogP contribution in [0.1, 0.15) is 29.8 Å². The molecule has 6 heteroatoms. The lowest BCUT2D eigenvalue weighted by Crippen LogP contribution is -2.49. The Morgan fingerprint density at radius 1 is 1.00 bits per heavy atom. The highest BCUT2D eigenvalue weighted by Crippen LogP contribution is 2.27. The molecule has 1 aliphatic carbocycles. The van der Waals surface area contributed by atoms with Gasteiger partial charge in [0.1, 0.15) is 5.75 Å². The lowest BCUT2D eigenvalue weighted by molar-refractivity contribution is -0.135. The van der Waals surface area contributed by atoms with Gasteiger partial charge in [0.2, 0.25) is 0 Å². The highest BCUT2D eigenvalue weighted by atomic mass is 16.5. The number of hydrogen-bond acceptors (Lipinski definition) is 5. The van der Waals surface area contributed by atoms with E-state index in [-0.39, 0.29) is 12.5 Å². The Balaban J connectivity index is 1.27. The normalized spacial score (nSPS) is 17.4. The molecule has 0 saturated carbocycles. The minimum atomic E-state index is 0.0638. The Labute approximate surface area is 160 Å². The van der Waals surface area contributed by atoms with Crippen LogP contribution in [0.25, 0.3) is 0 Å². The van der Waals surface area contributed by atoms with Crippen molar-refractivity contribution < 1.29 is 9.53 Å². The highest BCUT2D eigenvalue weighted by molar-refractivity contribution is 5.78. The lowest BCUT2D eigenvalue weighted by atomic mass is 9.95. The van der Waals surface area contributed by atoms with Gasteiger partial charge in [-0.1, -0.05) is 6.07 Å². The fraction of sp³-hybridized carbons (Fsp3) is 0.476. The van der Waals surface area contributed by atoms with Gasteiger partial charge < -0.3 is 9.64 Å². The Bertz CT molecular complexity index is 773. The largest absolute Gasteiger partial charge is 0.483 e. The van der Waals surface area contributed by atoms with Crippen molar-refractivity contribution in [3.63, 3.8) is 0 Å². The number of aromatic nitrogens is 2. The van der Waals surface area contributed by atoms with Gasteiger partial charge in [-0.05, 0) is 43.9 Å². The van der Waals surface area contributed by atoms with Gasteiger partial charge in [-0.2, -0.15) is 0 Å². The number of carbonyl (C=O) groups is 1. The summed E-state index contributed by atoms with van der Waals surface area (Å²) < 4.78 is 5.89. The van der Waals surface area contributed by atoms with Gasteiger partial charge in [0.15, 0.2) is 6.61 Å². The summed E-state index contributed by atoms with van der Waals surface area (Å²) in [6.07, 6.45) is 7.98. The molecule has 0 unspecified atom stereocenters. The zero-order chi connectivity index (χ0) is 18.5. The first-order valence-electron chi connectivity index (χ1n) is 9.79. The van der Waals surface area contributed by atoms with Crippen LogP contribution in [0.5, 0.6) is 5.75 Å². The van der Waals surface area contributed by atoms with Crippen molar-refractivity contribution in [2.75, 3.05) is 32.8 Å². The van der Waals surface area contributed by atoms with Crippen LogP contribution >= 0.6 is 0 Å². The number of hydrogen-bond donors (Lipinski definition) is 0. The summed E-state index contributed by atoms with van der Waals surface area (Å²) in [5, 5.41) is 0. The van der Waals surface area contributed by atoms with Crippen molar-refractivity contribution in [3.05, 3.63) is 53.6 Å². The Morgan fingerprint density at radius 3 is 2.67 bits per heavy atom. The summed E-state index contributed by atoms with van der Waals surface area (Å²) >= 11 is 0. The zero-order valence-electron chi connectivity index (χ0n) is 15.6. The first-order chi connectivity index (χ1) is 13.3. The maximum Gasteiger partial charge on any atom is 0.260 e. The van der Waals surface area contributed by atoms with Gasteiger partial charge in [-0.25, -0.2) is 0 Å². The molecule has 142 valence electrons. The van der Waals surface area contributed by atoms with Gasteiger partial charge in [0, 0.05) is 56.4 Å². The van der Waals surface area contributed by atoms with E-state index in [1.807, 2.05) is 35.4 Å². The summed E-state index contributed by atoms with van der Waals surface area (Å²) in [6.45, 7) is 4.16. The van der Waals surface area contributed by atoms with Crippen LogP contribution in [0.15, 0.2) is 36.7 Å². The number of nitrogens with zero attached hydrogens (tertiary/aromatic N) is 4. The quantitative estimate of drug-likeness (QED) is 0.811. The third-order valence-electron chi connectivity index (χ3n) is 5.38. The van der Waals surface area contributed by atoms with Crippen molar-refractivity contribution in [1.82, 2.24) is 19.8 Å². The number of fused-ring (bicyclic) bond motifs is 1. The number of rotatable bonds is 5. The molecule has 0 spiro atoms. The van der Waals surface area contributed by atoms with Gasteiger partial charge in [0.25, 0.3) is 5.91 Å². The van der Waals surface area contributed by atoms with Crippen LogP contribution in [-0.2, 0) is 24.2 Å². The standard InChI is InChI=1S/C21H26N4O2/c26-21(16-27-20-8-10-23-19-7-2-1-6-18(19)20)25-13-11-24(12-14-25)15-17-5-3-4-9-22-17/h3-5,8-10H,1-2,6-7,11-16H2. The Hall–Kier alpha value is -2.47. The number of piperazine rings is 1. The SMILES string of the molecule is O=C(COc1ccnc2c1CCCC2)N1CCN(Cc2ccccn2)CC1. The molecule has 0 atom stereocenters. The summed E-state index contributed by atoms with van der Waals surface area (Å²) in [7, 11) is 0. The van der Waals surface area contributed by atoms with E-state index in [0.29, 0.717) is 0 Å². The summed E-state index contributed by atoms with van der Waals surface area (Å²) in [5.74, 6) is 0.899. The van der Waals surface area contributed by atoms with Crippen LogP contribution in [0.3, 0.4) is 0 Å². The maximum atomic E-state index is 12.6. The van der Waals surface area contributed by atoms with Crippen LogP contribution in [0.2, 0.25) is 0 Å². The van der Waals surface area contributed by atoms with Crippen LogP contribution < -0.4 is 4.74 Å². The van der Waals surface area contributed by atoms with E-state index >= 15 is 0 Å². The number of pyridine rings is 2.